The molecule has 3 rings (SSSR count). The van der Waals surface area contributed by atoms with E-state index in [0.29, 0.717) is 38.5 Å². The molecule has 148 valence electrons. The number of pyridine rings is 1. The van der Waals surface area contributed by atoms with Crippen molar-refractivity contribution in [3.63, 3.8) is 0 Å². The summed E-state index contributed by atoms with van der Waals surface area (Å²) in [5, 5.41) is 4.36. The van der Waals surface area contributed by atoms with E-state index in [9.17, 15) is 14.4 Å². The Kier molecular flexibility index (Phi) is 6.03. The molecule has 9 nitrogen and oxygen atoms in total. The monoisotopic (exact) mass is 385 g/mol. The van der Waals surface area contributed by atoms with Crippen molar-refractivity contribution in [2.45, 2.75) is 19.9 Å². The van der Waals surface area contributed by atoms with Crippen LogP contribution in [0.15, 0.2) is 41.5 Å². The van der Waals surface area contributed by atoms with Crippen molar-refractivity contribution < 1.29 is 14.3 Å². The minimum absolute atomic E-state index is 0.207. The standard InChI is InChI=1S/C19H23N5O4/c1-3-28-19(27)23-11-9-22(10-12-23)18(26)14(2)24-17(25)7-6-16(21-24)15-5-4-8-20-13-15/h4-8,13-14H,3,9-12H2,1-2H3. The van der Waals surface area contributed by atoms with E-state index in [1.165, 1.54) is 10.7 Å². The molecule has 0 saturated carbocycles. The van der Waals surface area contributed by atoms with Crippen molar-refractivity contribution in [1.82, 2.24) is 24.6 Å². The van der Waals surface area contributed by atoms with Gasteiger partial charge in [0.2, 0.25) is 5.91 Å². The number of hydrogen-bond acceptors (Lipinski definition) is 6. The zero-order valence-electron chi connectivity index (χ0n) is 15.9. The molecule has 2 aromatic heterocycles. The van der Waals surface area contributed by atoms with Gasteiger partial charge in [-0.15, -0.1) is 0 Å². The summed E-state index contributed by atoms with van der Waals surface area (Å²) in [6.45, 7) is 5.30. The van der Waals surface area contributed by atoms with Crippen LogP contribution >= 0.6 is 0 Å². The SMILES string of the molecule is CCOC(=O)N1CCN(C(=O)C(C)n2nc(-c3cccnc3)ccc2=O)CC1. The van der Waals surface area contributed by atoms with Crippen molar-refractivity contribution in [1.29, 1.82) is 0 Å². The highest BCUT2D eigenvalue weighted by Gasteiger charge is 2.29. The summed E-state index contributed by atoms with van der Waals surface area (Å²) < 4.78 is 6.18. The van der Waals surface area contributed by atoms with Crippen molar-refractivity contribution >= 4 is 12.0 Å². The van der Waals surface area contributed by atoms with E-state index in [1.54, 1.807) is 48.2 Å². The largest absolute Gasteiger partial charge is 0.450 e. The van der Waals surface area contributed by atoms with E-state index in [0.717, 1.165) is 5.56 Å². The van der Waals surface area contributed by atoms with Crippen LogP contribution in [0.2, 0.25) is 0 Å². The lowest BCUT2D eigenvalue weighted by atomic mass is 10.2. The van der Waals surface area contributed by atoms with E-state index in [-0.39, 0.29) is 17.6 Å². The maximum atomic E-state index is 12.9. The molecule has 2 aromatic rings. The number of piperazine rings is 1. The van der Waals surface area contributed by atoms with E-state index in [1.807, 2.05) is 6.07 Å². The van der Waals surface area contributed by atoms with Gasteiger partial charge in [-0.2, -0.15) is 5.10 Å². The molecule has 1 atom stereocenters. The summed E-state index contributed by atoms with van der Waals surface area (Å²) in [7, 11) is 0. The van der Waals surface area contributed by atoms with Gasteiger partial charge in [-0.05, 0) is 32.0 Å². The van der Waals surface area contributed by atoms with Crippen LogP contribution in [0.4, 0.5) is 4.79 Å². The van der Waals surface area contributed by atoms with Gasteiger partial charge in [-0.3, -0.25) is 14.6 Å². The minimum Gasteiger partial charge on any atom is -0.450 e. The highest BCUT2D eigenvalue weighted by Crippen LogP contribution is 2.16. The Morgan fingerprint density at radius 2 is 1.86 bits per heavy atom. The average Bonchev–Trinajstić information content (AvgIpc) is 2.74. The van der Waals surface area contributed by atoms with Crippen LogP contribution in [0.3, 0.4) is 0 Å². The topological polar surface area (TPSA) is 97.6 Å². The Labute approximate surface area is 162 Å². The van der Waals surface area contributed by atoms with E-state index in [2.05, 4.69) is 10.1 Å². The maximum Gasteiger partial charge on any atom is 0.409 e. The number of carbonyl (C=O) groups is 2. The Morgan fingerprint density at radius 3 is 2.50 bits per heavy atom. The van der Waals surface area contributed by atoms with Crippen molar-refractivity contribution in [2.75, 3.05) is 32.8 Å². The molecule has 3 heterocycles. The average molecular weight is 385 g/mol. The maximum absolute atomic E-state index is 12.9. The molecular weight excluding hydrogens is 362 g/mol. The lowest BCUT2D eigenvalue weighted by Gasteiger charge is -2.35. The zero-order chi connectivity index (χ0) is 20.1. The number of nitrogens with zero attached hydrogens (tertiary/aromatic N) is 5. The molecule has 1 aliphatic heterocycles. The molecule has 1 saturated heterocycles. The lowest BCUT2D eigenvalue weighted by molar-refractivity contribution is -0.136. The van der Waals surface area contributed by atoms with Gasteiger partial charge in [-0.1, -0.05) is 0 Å². The van der Waals surface area contributed by atoms with E-state index in [4.69, 9.17) is 4.74 Å². The third-order valence-corrected chi connectivity index (χ3v) is 4.62. The Morgan fingerprint density at radius 1 is 1.14 bits per heavy atom. The number of ether oxygens (including phenoxy) is 1. The number of amides is 2. The third-order valence-electron chi connectivity index (χ3n) is 4.62. The van der Waals surface area contributed by atoms with Crippen LogP contribution in [0.25, 0.3) is 11.3 Å². The zero-order valence-corrected chi connectivity index (χ0v) is 15.9. The van der Waals surface area contributed by atoms with Crippen LogP contribution in [0.5, 0.6) is 0 Å². The second-order valence-electron chi connectivity index (χ2n) is 6.43. The molecule has 0 aliphatic carbocycles. The Hall–Kier alpha value is -3.23. The molecule has 0 N–H and O–H groups in total. The van der Waals surface area contributed by atoms with Crippen molar-refractivity contribution in [2.24, 2.45) is 0 Å². The summed E-state index contributed by atoms with van der Waals surface area (Å²) in [5.74, 6) is -0.207. The fourth-order valence-corrected chi connectivity index (χ4v) is 3.06. The summed E-state index contributed by atoms with van der Waals surface area (Å²) in [6, 6.07) is 5.89. The molecule has 1 aliphatic rings. The van der Waals surface area contributed by atoms with Gasteiger partial charge in [0.15, 0.2) is 0 Å². The van der Waals surface area contributed by atoms with Crippen LogP contribution in [0.1, 0.15) is 19.9 Å². The van der Waals surface area contributed by atoms with Gasteiger partial charge in [0.25, 0.3) is 5.56 Å². The van der Waals surface area contributed by atoms with Crippen LogP contribution < -0.4 is 5.56 Å². The highest BCUT2D eigenvalue weighted by molar-refractivity contribution is 5.80. The predicted octanol–water partition coefficient (Wildman–Crippen LogP) is 1.17. The summed E-state index contributed by atoms with van der Waals surface area (Å²) >= 11 is 0. The van der Waals surface area contributed by atoms with E-state index >= 15 is 0 Å². The van der Waals surface area contributed by atoms with Crippen LogP contribution in [-0.2, 0) is 9.53 Å². The van der Waals surface area contributed by atoms with Crippen molar-refractivity contribution in [3.8, 4) is 11.3 Å². The van der Waals surface area contributed by atoms with Gasteiger partial charge < -0.3 is 14.5 Å². The van der Waals surface area contributed by atoms with Gasteiger partial charge in [-0.25, -0.2) is 9.48 Å². The van der Waals surface area contributed by atoms with Gasteiger partial charge >= 0.3 is 6.09 Å². The second-order valence-corrected chi connectivity index (χ2v) is 6.43. The summed E-state index contributed by atoms with van der Waals surface area (Å²) in [4.78, 5) is 44.2. The molecule has 9 heteroatoms. The number of carbonyl (C=O) groups excluding carboxylic acids is 2. The second kappa shape index (κ2) is 8.64. The molecular formula is C19H23N5O4. The fraction of sp³-hybridized carbons (Fsp3) is 0.421. The predicted molar refractivity (Wildman–Crippen MR) is 102 cm³/mol. The van der Waals surface area contributed by atoms with Gasteiger partial charge in [0, 0.05) is 50.2 Å². The Bertz CT molecular complexity index is 891. The Balaban J connectivity index is 1.72. The number of hydrogen-bond donors (Lipinski definition) is 0. The number of aromatic nitrogens is 3. The first-order chi connectivity index (χ1) is 13.5. The van der Waals surface area contributed by atoms with Crippen molar-refractivity contribution in [3.05, 3.63) is 47.0 Å². The first-order valence-electron chi connectivity index (χ1n) is 9.22. The quantitative estimate of drug-likeness (QED) is 0.784. The lowest BCUT2D eigenvalue weighted by Crippen LogP contribution is -2.52. The highest BCUT2D eigenvalue weighted by atomic mass is 16.6. The summed E-state index contributed by atoms with van der Waals surface area (Å²) in [6.07, 6.45) is 2.93. The van der Waals surface area contributed by atoms with Gasteiger partial charge in [0.1, 0.15) is 6.04 Å². The fourth-order valence-electron chi connectivity index (χ4n) is 3.06. The third kappa shape index (κ3) is 4.19. The first kappa shape index (κ1) is 19.5. The molecule has 28 heavy (non-hydrogen) atoms. The molecule has 0 radical (unpaired) electrons. The van der Waals surface area contributed by atoms with Gasteiger partial charge in [0.05, 0.1) is 12.3 Å². The molecule has 0 bridgehead atoms. The van der Waals surface area contributed by atoms with Crippen LogP contribution in [-0.4, -0.2) is 69.4 Å². The molecule has 1 fully saturated rings. The smallest absolute Gasteiger partial charge is 0.409 e. The summed E-state index contributed by atoms with van der Waals surface area (Å²) in [5.41, 5.74) is 0.983. The minimum atomic E-state index is -0.752. The normalized spacial score (nSPS) is 15.2. The molecule has 1 unspecified atom stereocenters. The van der Waals surface area contributed by atoms with Crippen LogP contribution in [0, 0.1) is 0 Å². The molecule has 0 spiro atoms. The first-order valence-corrected chi connectivity index (χ1v) is 9.22. The molecule has 2 amide bonds. The number of rotatable bonds is 4. The molecule has 0 aromatic carbocycles. The van der Waals surface area contributed by atoms with E-state index < -0.39 is 6.04 Å².